The van der Waals surface area contributed by atoms with Gasteiger partial charge in [0.15, 0.2) is 0 Å². The van der Waals surface area contributed by atoms with Crippen LogP contribution in [-0.2, 0) is 14.3 Å². The van der Waals surface area contributed by atoms with Crippen LogP contribution >= 0.6 is 0 Å². The van der Waals surface area contributed by atoms with Crippen molar-refractivity contribution in [3.63, 3.8) is 0 Å². The van der Waals surface area contributed by atoms with Crippen LogP contribution in [0.4, 0.5) is 4.79 Å². The first-order chi connectivity index (χ1) is 9.63. The van der Waals surface area contributed by atoms with E-state index in [1.807, 2.05) is 0 Å². The van der Waals surface area contributed by atoms with Gasteiger partial charge in [0.05, 0.1) is 20.1 Å². The quantitative estimate of drug-likeness (QED) is 0.467. The average Bonchev–Trinajstić information content (AvgIpc) is 2.42. The van der Waals surface area contributed by atoms with Gasteiger partial charge in [0.25, 0.3) is 0 Å². The third-order valence-corrected chi connectivity index (χ3v) is 3.14. The topological polar surface area (TPSA) is 64.6 Å². The molecule has 1 N–H and O–H groups in total. The van der Waals surface area contributed by atoms with Gasteiger partial charge in [-0.15, -0.1) is 0 Å². The second-order valence-corrected chi connectivity index (χ2v) is 4.90. The number of carbonyl (C=O) groups is 2. The highest BCUT2D eigenvalue weighted by molar-refractivity contribution is 5.72. The summed E-state index contributed by atoms with van der Waals surface area (Å²) in [5, 5.41) is 2.72. The van der Waals surface area contributed by atoms with E-state index in [0.717, 1.165) is 19.3 Å². The first-order valence-corrected chi connectivity index (χ1v) is 7.64. The lowest BCUT2D eigenvalue weighted by atomic mass is 10.0. The van der Waals surface area contributed by atoms with E-state index in [1.54, 1.807) is 6.92 Å². The van der Waals surface area contributed by atoms with Crippen LogP contribution in [0.15, 0.2) is 0 Å². The fourth-order valence-corrected chi connectivity index (χ4v) is 2.02. The number of alkyl carbamates (subject to hydrolysis) is 1. The number of unbranched alkanes of at least 4 members (excludes halogenated alkanes) is 5. The van der Waals surface area contributed by atoms with E-state index in [9.17, 15) is 9.59 Å². The van der Waals surface area contributed by atoms with Crippen molar-refractivity contribution in [3.05, 3.63) is 0 Å². The number of hydrogen-bond acceptors (Lipinski definition) is 4. The molecule has 1 atom stereocenters. The maximum absolute atomic E-state index is 11.4. The van der Waals surface area contributed by atoms with Gasteiger partial charge < -0.3 is 14.8 Å². The van der Waals surface area contributed by atoms with Crippen molar-refractivity contribution >= 4 is 12.1 Å². The predicted molar refractivity (Wildman–Crippen MR) is 78.6 cm³/mol. The summed E-state index contributed by atoms with van der Waals surface area (Å²) in [6.07, 6.45) is 7.60. The smallest absolute Gasteiger partial charge is 0.407 e. The van der Waals surface area contributed by atoms with E-state index in [1.165, 1.54) is 32.8 Å². The van der Waals surface area contributed by atoms with Crippen LogP contribution in [0.3, 0.4) is 0 Å². The van der Waals surface area contributed by atoms with Crippen molar-refractivity contribution in [2.24, 2.45) is 0 Å². The Morgan fingerprint density at radius 3 is 2.30 bits per heavy atom. The van der Waals surface area contributed by atoms with Crippen LogP contribution in [0.25, 0.3) is 0 Å². The Balaban J connectivity index is 3.98. The van der Waals surface area contributed by atoms with E-state index in [2.05, 4.69) is 17.0 Å². The molecule has 0 saturated carbocycles. The van der Waals surface area contributed by atoms with E-state index >= 15 is 0 Å². The lowest BCUT2D eigenvalue weighted by Crippen LogP contribution is -2.37. The third kappa shape index (κ3) is 10.6. The van der Waals surface area contributed by atoms with Crippen LogP contribution in [0.2, 0.25) is 0 Å². The Bertz CT molecular complexity index is 269. The van der Waals surface area contributed by atoms with Crippen molar-refractivity contribution in [3.8, 4) is 0 Å². The molecular formula is C15H29NO4. The summed E-state index contributed by atoms with van der Waals surface area (Å²) in [5.74, 6) is -0.308. The highest BCUT2D eigenvalue weighted by atomic mass is 16.5. The monoisotopic (exact) mass is 287 g/mol. The standard InChI is InChI=1S/C15H29NO4/c1-4-6-7-8-9-10-11-13(12-14(17)19-3)16-15(18)20-5-2/h13H,4-12H2,1-3H3,(H,16,18)/t13-/m1/s1. The molecule has 0 bridgehead atoms. The first-order valence-electron chi connectivity index (χ1n) is 7.64. The summed E-state index contributed by atoms with van der Waals surface area (Å²) in [6.45, 7) is 4.27. The Morgan fingerprint density at radius 2 is 1.70 bits per heavy atom. The highest BCUT2D eigenvalue weighted by Gasteiger charge is 2.17. The number of ether oxygens (including phenoxy) is 2. The lowest BCUT2D eigenvalue weighted by Gasteiger charge is -2.17. The summed E-state index contributed by atoms with van der Waals surface area (Å²) in [4.78, 5) is 22.7. The molecule has 0 aliphatic heterocycles. The number of hydrogen-bond donors (Lipinski definition) is 1. The maximum atomic E-state index is 11.4. The molecule has 0 fully saturated rings. The van der Waals surface area contributed by atoms with E-state index in [4.69, 9.17) is 4.74 Å². The van der Waals surface area contributed by atoms with E-state index < -0.39 is 6.09 Å². The van der Waals surface area contributed by atoms with Gasteiger partial charge in [-0.1, -0.05) is 45.4 Å². The Morgan fingerprint density at radius 1 is 1.05 bits per heavy atom. The number of carbonyl (C=O) groups excluding carboxylic acids is 2. The molecule has 5 heteroatoms. The van der Waals surface area contributed by atoms with Gasteiger partial charge in [0.2, 0.25) is 0 Å². The summed E-state index contributed by atoms with van der Waals surface area (Å²) in [5.41, 5.74) is 0. The molecule has 0 spiro atoms. The number of amides is 1. The molecule has 118 valence electrons. The molecule has 0 radical (unpaired) electrons. The van der Waals surface area contributed by atoms with Crippen LogP contribution in [0.1, 0.15) is 65.2 Å². The molecule has 20 heavy (non-hydrogen) atoms. The van der Waals surface area contributed by atoms with Crippen LogP contribution in [-0.4, -0.2) is 31.8 Å². The lowest BCUT2D eigenvalue weighted by molar-refractivity contribution is -0.141. The normalized spacial score (nSPS) is 11.8. The van der Waals surface area contributed by atoms with Crippen molar-refractivity contribution in [1.29, 1.82) is 0 Å². The third-order valence-electron chi connectivity index (χ3n) is 3.14. The second kappa shape index (κ2) is 12.8. The highest BCUT2D eigenvalue weighted by Crippen LogP contribution is 2.11. The minimum absolute atomic E-state index is 0.199. The summed E-state index contributed by atoms with van der Waals surface area (Å²) < 4.78 is 9.50. The van der Waals surface area contributed by atoms with Crippen LogP contribution in [0.5, 0.6) is 0 Å². The Kier molecular flexibility index (Phi) is 12.0. The SMILES string of the molecule is CCCCCCCC[C@H](CC(=O)OC)NC(=O)OCC. The molecule has 0 saturated heterocycles. The number of esters is 1. The van der Waals surface area contributed by atoms with E-state index in [0.29, 0.717) is 6.61 Å². The number of rotatable bonds is 11. The van der Waals surface area contributed by atoms with Crippen molar-refractivity contribution < 1.29 is 19.1 Å². The first kappa shape index (κ1) is 18.7. The Hall–Kier alpha value is -1.26. The van der Waals surface area contributed by atoms with Crippen molar-refractivity contribution in [1.82, 2.24) is 5.32 Å². The van der Waals surface area contributed by atoms with Crippen LogP contribution in [0, 0.1) is 0 Å². The zero-order valence-electron chi connectivity index (χ0n) is 13.1. The summed E-state index contributed by atoms with van der Waals surface area (Å²) >= 11 is 0. The largest absolute Gasteiger partial charge is 0.469 e. The van der Waals surface area contributed by atoms with Gasteiger partial charge in [-0.25, -0.2) is 4.79 Å². The second-order valence-electron chi connectivity index (χ2n) is 4.90. The minimum Gasteiger partial charge on any atom is -0.469 e. The summed E-state index contributed by atoms with van der Waals surface area (Å²) in [6, 6.07) is -0.201. The van der Waals surface area contributed by atoms with Gasteiger partial charge >= 0.3 is 12.1 Å². The molecule has 0 aromatic carbocycles. The fourth-order valence-electron chi connectivity index (χ4n) is 2.02. The molecular weight excluding hydrogens is 258 g/mol. The molecule has 0 heterocycles. The Labute approximate surface area is 122 Å². The molecule has 0 unspecified atom stereocenters. The average molecular weight is 287 g/mol. The molecule has 5 nitrogen and oxygen atoms in total. The minimum atomic E-state index is -0.465. The van der Waals surface area contributed by atoms with Crippen molar-refractivity contribution in [2.75, 3.05) is 13.7 Å². The molecule has 1 amide bonds. The predicted octanol–water partition coefficient (Wildman–Crippen LogP) is 3.41. The van der Waals surface area contributed by atoms with Crippen molar-refractivity contribution in [2.45, 2.75) is 71.3 Å². The molecule has 0 aromatic rings. The van der Waals surface area contributed by atoms with Gasteiger partial charge in [0.1, 0.15) is 0 Å². The van der Waals surface area contributed by atoms with Gasteiger partial charge in [-0.05, 0) is 13.3 Å². The molecule has 0 rings (SSSR count). The van der Waals surface area contributed by atoms with Gasteiger partial charge in [-0.2, -0.15) is 0 Å². The number of nitrogens with one attached hydrogen (secondary N) is 1. The fraction of sp³-hybridized carbons (Fsp3) is 0.867. The van der Waals surface area contributed by atoms with Gasteiger partial charge in [-0.3, -0.25) is 4.79 Å². The molecule has 0 aromatic heterocycles. The van der Waals surface area contributed by atoms with Crippen LogP contribution < -0.4 is 5.32 Å². The zero-order chi connectivity index (χ0) is 15.2. The number of methoxy groups -OCH3 is 1. The molecule has 0 aliphatic rings. The summed E-state index contributed by atoms with van der Waals surface area (Å²) in [7, 11) is 1.36. The molecule has 0 aliphatic carbocycles. The zero-order valence-corrected chi connectivity index (χ0v) is 13.1. The van der Waals surface area contributed by atoms with E-state index in [-0.39, 0.29) is 18.4 Å². The van der Waals surface area contributed by atoms with Gasteiger partial charge in [0, 0.05) is 6.04 Å². The maximum Gasteiger partial charge on any atom is 0.407 e.